The number of hydrogen-bond donors (Lipinski definition) is 1. The molecule has 1 heterocycles. The highest BCUT2D eigenvalue weighted by atomic mass is 35.7. The molecule has 1 amide bonds. The minimum absolute atomic E-state index is 0.0471. The van der Waals surface area contributed by atoms with E-state index in [1.165, 1.54) is 13.0 Å². The number of nitrogens with one attached hydrogen (secondary N) is 1. The number of halogens is 3. The van der Waals surface area contributed by atoms with Gasteiger partial charge in [0.2, 0.25) is 0 Å². The van der Waals surface area contributed by atoms with Gasteiger partial charge >= 0.3 is 0 Å². The van der Waals surface area contributed by atoms with Crippen LogP contribution in [0.3, 0.4) is 0 Å². The molecule has 1 rings (SSSR count). The van der Waals surface area contributed by atoms with Crippen LogP contribution in [0.2, 0.25) is 0 Å². The van der Waals surface area contributed by atoms with Crippen LogP contribution < -0.4 is 5.32 Å². The Labute approximate surface area is 123 Å². The highest BCUT2D eigenvalue weighted by Gasteiger charge is 2.20. The molecule has 0 unspecified atom stereocenters. The van der Waals surface area contributed by atoms with Gasteiger partial charge in [0.1, 0.15) is 6.61 Å². The first-order valence-corrected chi connectivity index (χ1v) is 8.53. The molecule has 1 aromatic rings. The Morgan fingerprint density at radius 3 is 2.70 bits per heavy atom. The van der Waals surface area contributed by atoms with Gasteiger partial charge in [0.05, 0.1) is 16.4 Å². The summed E-state index contributed by atoms with van der Waals surface area (Å²) in [6, 6.07) is 1.18. The van der Waals surface area contributed by atoms with E-state index in [-0.39, 0.29) is 22.9 Å². The molecule has 10 heteroatoms. The highest BCUT2D eigenvalue weighted by molar-refractivity contribution is 8.13. The summed E-state index contributed by atoms with van der Waals surface area (Å²) in [6.07, 6.45) is -2.55. The van der Waals surface area contributed by atoms with Crippen molar-refractivity contribution in [1.82, 2.24) is 5.32 Å². The van der Waals surface area contributed by atoms with Gasteiger partial charge in [-0.05, 0) is 13.0 Å². The quantitative estimate of drug-likeness (QED) is 0.605. The second-order valence-electron chi connectivity index (χ2n) is 3.69. The molecule has 0 aromatic carbocycles. The summed E-state index contributed by atoms with van der Waals surface area (Å²) in [6.45, 7) is 0.831. The van der Waals surface area contributed by atoms with Crippen molar-refractivity contribution >= 4 is 37.0 Å². The van der Waals surface area contributed by atoms with E-state index in [0.717, 1.165) is 11.3 Å². The molecule has 0 atom stereocenters. The van der Waals surface area contributed by atoms with Crippen molar-refractivity contribution < 1.29 is 26.7 Å². The van der Waals surface area contributed by atoms with Crippen molar-refractivity contribution in [2.45, 2.75) is 18.2 Å². The number of hydrogen-bond acceptors (Lipinski definition) is 5. The SMILES string of the molecule is Cc1sc(C(=O)NCCOCC(F)F)cc1S(=O)(=O)Cl. The van der Waals surface area contributed by atoms with Crippen molar-refractivity contribution in [2.24, 2.45) is 0 Å². The molecule has 0 fully saturated rings. The number of carbonyl (C=O) groups excluding carboxylic acids is 1. The maximum atomic E-state index is 11.8. The molecule has 0 aliphatic rings. The summed E-state index contributed by atoms with van der Waals surface area (Å²) in [7, 11) is 1.32. The summed E-state index contributed by atoms with van der Waals surface area (Å²) in [5, 5.41) is 2.43. The minimum Gasteiger partial charge on any atom is -0.374 e. The van der Waals surface area contributed by atoms with Gasteiger partial charge in [0, 0.05) is 22.1 Å². The summed E-state index contributed by atoms with van der Waals surface area (Å²) in [5.41, 5.74) is 0. The number of carbonyl (C=O) groups is 1. The van der Waals surface area contributed by atoms with Crippen LogP contribution in [0.1, 0.15) is 14.5 Å². The van der Waals surface area contributed by atoms with Gasteiger partial charge in [0.15, 0.2) is 0 Å². The van der Waals surface area contributed by atoms with E-state index < -0.39 is 28.0 Å². The lowest BCUT2D eigenvalue weighted by atomic mass is 10.4. The zero-order valence-corrected chi connectivity index (χ0v) is 12.7. The third-order valence-corrected chi connectivity index (χ3v) is 4.76. The molecule has 0 bridgehead atoms. The average Bonchev–Trinajstić information content (AvgIpc) is 2.70. The zero-order chi connectivity index (χ0) is 15.3. The van der Waals surface area contributed by atoms with E-state index in [0.29, 0.717) is 4.88 Å². The first kappa shape index (κ1) is 17.3. The van der Waals surface area contributed by atoms with E-state index >= 15 is 0 Å². The Morgan fingerprint density at radius 1 is 1.55 bits per heavy atom. The number of ether oxygens (including phenoxy) is 1. The van der Waals surface area contributed by atoms with Gasteiger partial charge in [0.25, 0.3) is 21.4 Å². The van der Waals surface area contributed by atoms with Crippen LogP contribution in [0.15, 0.2) is 11.0 Å². The third kappa shape index (κ3) is 5.31. The van der Waals surface area contributed by atoms with Crippen molar-refractivity contribution in [2.75, 3.05) is 19.8 Å². The molecule has 0 saturated carbocycles. The minimum atomic E-state index is -3.89. The Hall–Kier alpha value is -0.770. The lowest BCUT2D eigenvalue weighted by Crippen LogP contribution is -2.27. The van der Waals surface area contributed by atoms with Gasteiger partial charge in [-0.25, -0.2) is 17.2 Å². The lowest BCUT2D eigenvalue weighted by Gasteiger charge is -2.04. The Bertz CT molecular complexity index is 574. The summed E-state index contributed by atoms with van der Waals surface area (Å²) in [4.78, 5) is 12.2. The maximum Gasteiger partial charge on any atom is 0.262 e. The zero-order valence-electron chi connectivity index (χ0n) is 10.4. The molecule has 0 aliphatic carbocycles. The fraction of sp³-hybridized carbons (Fsp3) is 0.500. The monoisotopic (exact) mass is 347 g/mol. The topological polar surface area (TPSA) is 72.5 Å². The maximum absolute atomic E-state index is 11.8. The van der Waals surface area contributed by atoms with Gasteiger partial charge < -0.3 is 10.1 Å². The molecule has 0 aliphatic heterocycles. The van der Waals surface area contributed by atoms with Gasteiger partial charge in [-0.1, -0.05) is 0 Å². The predicted octanol–water partition coefficient (Wildman–Crippen LogP) is 2.00. The molecule has 20 heavy (non-hydrogen) atoms. The van der Waals surface area contributed by atoms with Crippen LogP contribution in [-0.2, 0) is 13.8 Å². The fourth-order valence-electron chi connectivity index (χ4n) is 1.32. The standard InChI is InChI=1S/C10H12ClF2NO4S2/c1-6-8(20(11,16)17)4-7(19-6)10(15)14-2-3-18-5-9(12)13/h4,9H,2-3,5H2,1H3,(H,14,15). The Kier molecular flexibility index (Phi) is 6.31. The predicted molar refractivity (Wildman–Crippen MR) is 71.3 cm³/mol. The molecule has 0 saturated heterocycles. The van der Waals surface area contributed by atoms with E-state index in [9.17, 15) is 22.0 Å². The van der Waals surface area contributed by atoms with Crippen molar-refractivity contribution in [1.29, 1.82) is 0 Å². The van der Waals surface area contributed by atoms with Crippen LogP contribution in [0.4, 0.5) is 8.78 Å². The summed E-state index contributed by atoms with van der Waals surface area (Å²) in [5.74, 6) is -0.509. The number of rotatable bonds is 7. The van der Waals surface area contributed by atoms with Crippen LogP contribution in [-0.4, -0.2) is 40.5 Å². The normalized spacial score (nSPS) is 11.8. The highest BCUT2D eigenvalue weighted by Crippen LogP contribution is 2.28. The molecule has 0 spiro atoms. The van der Waals surface area contributed by atoms with E-state index in [1.54, 1.807) is 0 Å². The molecular formula is C10H12ClF2NO4S2. The van der Waals surface area contributed by atoms with E-state index in [1.807, 2.05) is 0 Å². The van der Waals surface area contributed by atoms with Crippen molar-refractivity contribution in [3.63, 3.8) is 0 Å². The Balaban J connectivity index is 2.53. The van der Waals surface area contributed by atoms with Crippen LogP contribution >= 0.6 is 22.0 Å². The van der Waals surface area contributed by atoms with Crippen molar-refractivity contribution in [3.8, 4) is 0 Å². The number of alkyl halides is 2. The van der Waals surface area contributed by atoms with Gasteiger partial charge in [-0.2, -0.15) is 0 Å². The molecule has 1 N–H and O–H groups in total. The van der Waals surface area contributed by atoms with Gasteiger partial charge in [-0.3, -0.25) is 4.79 Å². The molecule has 5 nitrogen and oxygen atoms in total. The van der Waals surface area contributed by atoms with Crippen molar-refractivity contribution in [3.05, 3.63) is 15.8 Å². The number of amides is 1. The third-order valence-electron chi connectivity index (χ3n) is 2.13. The number of thiophene rings is 1. The van der Waals surface area contributed by atoms with Crippen LogP contribution in [0.5, 0.6) is 0 Å². The first-order valence-electron chi connectivity index (χ1n) is 5.41. The van der Waals surface area contributed by atoms with E-state index in [2.05, 4.69) is 10.1 Å². The first-order chi connectivity index (χ1) is 9.21. The average molecular weight is 348 g/mol. The van der Waals surface area contributed by atoms with Gasteiger partial charge in [-0.15, -0.1) is 11.3 Å². The summed E-state index contributed by atoms with van der Waals surface area (Å²) < 4.78 is 50.5. The second kappa shape index (κ2) is 7.30. The smallest absolute Gasteiger partial charge is 0.262 e. The fourth-order valence-corrected chi connectivity index (χ4v) is 3.90. The Morgan fingerprint density at radius 2 is 2.20 bits per heavy atom. The van der Waals surface area contributed by atoms with Crippen LogP contribution in [0, 0.1) is 6.92 Å². The molecule has 1 aromatic heterocycles. The second-order valence-corrected chi connectivity index (χ2v) is 7.48. The molecule has 114 valence electrons. The molecular weight excluding hydrogens is 336 g/mol. The lowest BCUT2D eigenvalue weighted by molar-refractivity contribution is 0.0188. The largest absolute Gasteiger partial charge is 0.374 e. The molecule has 0 radical (unpaired) electrons. The number of aryl methyl sites for hydroxylation is 1. The van der Waals surface area contributed by atoms with E-state index in [4.69, 9.17) is 10.7 Å². The van der Waals surface area contributed by atoms with Crippen LogP contribution in [0.25, 0.3) is 0 Å². The summed E-state index contributed by atoms with van der Waals surface area (Å²) >= 11 is 0.982.